The molecule has 3 heteroatoms. The van der Waals surface area contributed by atoms with Crippen molar-refractivity contribution in [2.75, 3.05) is 6.54 Å². The van der Waals surface area contributed by atoms with Gasteiger partial charge in [-0.05, 0) is 43.7 Å². The number of hydrogen-bond donors (Lipinski definition) is 1. The zero-order valence-electron chi connectivity index (χ0n) is 12.0. The minimum absolute atomic E-state index is 0.228. The first kappa shape index (κ1) is 15.0. The number of aryl methyl sites for hydroxylation is 2. The highest BCUT2D eigenvalue weighted by molar-refractivity contribution is 6.31. The minimum Gasteiger partial charge on any atom is -0.306 e. The fourth-order valence-corrected chi connectivity index (χ4v) is 2.78. The van der Waals surface area contributed by atoms with Crippen LogP contribution in [0.3, 0.4) is 0 Å². The van der Waals surface area contributed by atoms with Crippen LogP contribution in [0.1, 0.15) is 35.2 Å². The highest BCUT2D eigenvalue weighted by Crippen LogP contribution is 2.32. The summed E-state index contributed by atoms with van der Waals surface area (Å²) in [5.74, 6) is -0.275. The molecule has 106 valence electrons. The molecule has 1 N–H and O–H groups in total. The van der Waals surface area contributed by atoms with Crippen molar-refractivity contribution in [3.8, 4) is 0 Å². The van der Waals surface area contributed by atoms with Crippen molar-refractivity contribution in [3.05, 3.63) is 69.5 Å². The summed E-state index contributed by atoms with van der Waals surface area (Å²) in [6.07, 6.45) is 0. The number of nitrogens with one attached hydrogen (secondary N) is 1. The van der Waals surface area contributed by atoms with Gasteiger partial charge in [-0.25, -0.2) is 4.39 Å². The van der Waals surface area contributed by atoms with Crippen LogP contribution in [0.2, 0.25) is 5.02 Å². The summed E-state index contributed by atoms with van der Waals surface area (Å²) in [5, 5.41) is 3.79. The van der Waals surface area contributed by atoms with Crippen molar-refractivity contribution in [1.82, 2.24) is 5.32 Å². The van der Waals surface area contributed by atoms with Gasteiger partial charge in [0.1, 0.15) is 5.82 Å². The summed E-state index contributed by atoms with van der Waals surface area (Å²) in [5.41, 5.74) is 3.91. The first-order chi connectivity index (χ1) is 9.54. The molecular formula is C17H19ClFN. The van der Waals surface area contributed by atoms with Gasteiger partial charge in [0.2, 0.25) is 0 Å². The van der Waals surface area contributed by atoms with Gasteiger partial charge >= 0.3 is 0 Å². The molecule has 2 aromatic rings. The number of rotatable bonds is 4. The van der Waals surface area contributed by atoms with E-state index < -0.39 is 0 Å². The second-order valence-electron chi connectivity index (χ2n) is 4.99. The van der Waals surface area contributed by atoms with Crippen molar-refractivity contribution in [3.63, 3.8) is 0 Å². The number of hydrogen-bond acceptors (Lipinski definition) is 1. The standard InChI is InChI=1S/C17H19ClFN/c1-4-20-17(13-9-8-11(2)10-12(13)3)16-14(18)6-5-7-15(16)19/h5-10,17,20H,4H2,1-3H3. The molecule has 1 unspecified atom stereocenters. The van der Waals surface area contributed by atoms with Crippen LogP contribution < -0.4 is 5.32 Å². The Kier molecular flexibility index (Phi) is 4.79. The lowest BCUT2D eigenvalue weighted by molar-refractivity contribution is 0.558. The average molecular weight is 292 g/mol. The first-order valence-electron chi connectivity index (χ1n) is 6.79. The Bertz CT molecular complexity index is 590. The molecule has 2 rings (SSSR count). The molecule has 0 bridgehead atoms. The normalized spacial score (nSPS) is 12.4. The van der Waals surface area contributed by atoms with Gasteiger partial charge in [0.05, 0.1) is 6.04 Å². The molecule has 0 aromatic heterocycles. The molecule has 0 saturated carbocycles. The highest BCUT2D eigenvalue weighted by Gasteiger charge is 2.21. The zero-order valence-corrected chi connectivity index (χ0v) is 12.8. The Morgan fingerprint density at radius 1 is 1.20 bits per heavy atom. The van der Waals surface area contributed by atoms with E-state index in [1.165, 1.54) is 11.6 Å². The van der Waals surface area contributed by atoms with Gasteiger partial charge in [-0.1, -0.05) is 48.4 Å². The molecule has 0 aliphatic heterocycles. The van der Waals surface area contributed by atoms with Crippen LogP contribution in [0.5, 0.6) is 0 Å². The highest BCUT2D eigenvalue weighted by atomic mass is 35.5. The topological polar surface area (TPSA) is 12.0 Å². The van der Waals surface area contributed by atoms with E-state index in [9.17, 15) is 4.39 Å². The Hall–Kier alpha value is -1.38. The molecular weight excluding hydrogens is 273 g/mol. The molecule has 20 heavy (non-hydrogen) atoms. The quantitative estimate of drug-likeness (QED) is 0.853. The maximum absolute atomic E-state index is 14.2. The van der Waals surface area contributed by atoms with Crippen molar-refractivity contribution in [1.29, 1.82) is 0 Å². The monoisotopic (exact) mass is 291 g/mol. The van der Waals surface area contributed by atoms with Gasteiger partial charge in [0.15, 0.2) is 0 Å². The van der Waals surface area contributed by atoms with Crippen molar-refractivity contribution in [2.45, 2.75) is 26.8 Å². The predicted molar refractivity (Wildman–Crippen MR) is 82.8 cm³/mol. The van der Waals surface area contributed by atoms with Gasteiger partial charge in [-0.15, -0.1) is 0 Å². The summed E-state index contributed by atoms with van der Waals surface area (Å²) in [7, 11) is 0. The van der Waals surface area contributed by atoms with Crippen molar-refractivity contribution in [2.24, 2.45) is 0 Å². The molecule has 2 aromatic carbocycles. The molecule has 0 aliphatic carbocycles. The molecule has 0 amide bonds. The van der Waals surface area contributed by atoms with Crippen LogP contribution in [0.25, 0.3) is 0 Å². The molecule has 0 aliphatic rings. The lowest BCUT2D eigenvalue weighted by Gasteiger charge is -2.22. The molecule has 1 atom stereocenters. The van der Waals surface area contributed by atoms with Crippen LogP contribution >= 0.6 is 11.6 Å². The van der Waals surface area contributed by atoms with Gasteiger partial charge in [0.25, 0.3) is 0 Å². The Morgan fingerprint density at radius 2 is 1.95 bits per heavy atom. The average Bonchev–Trinajstić information content (AvgIpc) is 2.38. The molecule has 0 radical (unpaired) electrons. The van der Waals surface area contributed by atoms with Gasteiger partial charge < -0.3 is 5.32 Å². The lowest BCUT2D eigenvalue weighted by atomic mass is 9.93. The smallest absolute Gasteiger partial charge is 0.129 e. The van der Waals surface area contributed by atoms with Gasteiger partial charge in [-0.2, -0.15) is 0 Å². The van der Waals surface area contributed by atoms with E-state index in [1.807, 2.05) is 26.0 Å². The van der Waals surface area contributed by atoms with Crippen molar-refractivity contribution < 1.29 is 4.39 Å². The third-order valence-electron chi connectivity index (χ3n) is 3.43. The SMILES string of the molecule is CCNC(c1ccc(C)cc1C)c1c(F)cccc1Cl. The lowest BCUT2D eigenvalue weighted by Crippen LogP contribution is -2.24. The van der Waals surface area contributed by atoms with Crippen LogP contribution in [-0.2, 0) is 0 Å². The second kappa shape index (κ2) is 6.38. The molecule has 0 heterocycles. The molecule has 0 fully saturated rings. The number of halogens is 2. The van der Waals surface area contributed by atoms with Crippen LogP contribution in [0.4, 0.5) is 4.39 Å². The summed E-state index contributed by atoms with van der Waals surface area (Å²) >= 11 is 6.21. The minimum atomic E-state index is -0.275. The fourth-order valence-electron chi connectivity index (χ4n) is 2.51. The van der Waals surface area contributed by atoms with Gasteiger partial charge in [-0.3, -0.25) is 0 Å². The van der Waals surface area contributed by atoms with E-state index in [1.54, 1.807) is 12.1 Å². The molecule has 0 spiro atoms. The van der Waals surface area contributed by atoms with Crippen LogP contribution in [0, 0.1) is 19.7 Å². The van der Waals surface area contributed by atoms with E-state index in [2.05, 4.69) is 18.3 Å². The summed E-state index contributed by atoms with van der Waals surface area (Å²) in [4.78, 5) is 0. The zero-order chi connectivity index (χ0) is 14.7. The predicted octanol–water partition coefficient (Wildman–Crippen LogP) is 4.79. The Balaban J connectivity index is 2.56. The van der Waals surface area contributed by atoms with Crippen molar-refractivity contribution >= 4 is 11.6 Å². The summed E-state index contributed by atoms with van der Waals surface area (Å²) in [6.45, 7) is 6.84. The number of benzene rings is 2. The van der Waals surface area contributed by atoms with E-state index >= 15 is 0 Å². The maximum Gasteiger partial charge on any atom is 0.129 e. The van der Waals surface area contributed by atoms with Crippen LogP contribution in [-0.4, -0.2) is 6.54 Å². The first-order valence-corrected chi connectivity index (χ1v) is 7.16. The third kappa shape index (κ3) is 3.02. The third-order valence-corrected chi connectivity index (χ3v) is 3.76. The maximum atomic E-state index is 14.2. The molecule has 0 saturated heterocycles. The Labute approximate surface area is 124 Å². The Morgan fingerprint density at radius 3 is 2.55 bits per heavy atom. The van der Waals surface area contributed by atoms with E-state index in [0.717, 1.165) is 17.7 Å². The van der Waals surface area contributed by atoms with E-state index in [4.69, 9.17) is 11.6 Å². The van der Waals surface area contributed by atoms with Gasteiger partial charge in [0, 0.05) is 10.6 Å². The fraction of sp³-hybridized carbons (Fsp3) is 0.294. The second-order valence-corrected chi connectivity index (χ2v) is 5.39. The summed E-state index contributed by atoms with van der Waals surface area (Å²) in [6, 6.07) is 10.8. The summed E-state index contributed by atoms with van der Waals surface area (Å²) < 4.78 is 14.2. The van der Waals surface area contributed by atoms with E-state index in [-0.39, 0.29) is 11.9 Å². The van der Waals surface area contributed by atoms with Crippen LogP contribution in [0.15, 0.2) is 36.4 Å². The largest absolute Gasteiger partial charge is 0.306 e. The molecule has 1 nitrogen and oxygen atoms in total. The van der Waals surface area contributed by atoms with E-state index in [0.29, 0.717) is 10.6 Å².